The molecular weight excluding hydrogens is 268 g/mol. The summed E-state index contributed by atoms with van der Waals surface area (Å²) in [6.45, 7) is 8.72. The highest BCUT2D eigenvalue weighted by atomic mass is 35.5. The van der Waals surface area contributed by atoms with Crippen LogP contribution >= 0.6 is 11.6 Å². The summed E-state index contributed by atoms with van der Waals surface area (Å²) >= 11 is 6.36. The number of halogens is 1. The average molecular weight is 287 g/mol. The molecule has 0 fully saturated rings. The maximum atomic E-state index is 6.36. The molecule has 2 aromatic carbocycles. The predicted molar refractivity (Wildman–Crippen MR) is 86.5 cm³/mol. The van der Waals surface area contributed by atoms with Crippen molar-refractivity contribution in [1.82, 2.24) is 0 Å². The van der Waals surface area contributed by atoms with Crippen molar-refractivity contribution in [2.75, 3.05) is 0 Å². The molecule has 0 aliphatic heterocycles. The maximum Gasteiger partial charge on any atom is 0.121 e. The number of benzene rings is 2. The fraction of sp³-hybridized carbons (Fsp3) is 0.294. The SMILES string of the molecule is Cc1cc(C)cc([Si]c2cccc(Cl)c2C(C)C)c1. The van der Waals surface area contributed by atoms with E-state index in [1.165, 1.54) is 27.1 Å². The highest BCUT2D eigenvalue weighted by Crippen LogP contribution is 2.21. The Hall–Kier alpha value is -1.05. The van der Waals surface area contributed by atoms with Crippen molar-refractivity contribution in [3.8, 4) is 0 Å². The Morgan fingerprint density at radius 2 is 1.63 bits per heavy atom. The third kappa shape index (κ3) is 3.49. The normalized spacial score (nSPS) is 11.1. The Kier molecular flexibility index (Phi) is 4.49. The van der Waals surface area contributed by atoms with Crippen LogP contribution in [0.25, 0.3) is 0 Å². The summed E-state index contributed by atoms with van der Waals surface area (Å²) in [5.74, 6) is 0.460. The minimum Gasteiger partial charge on any atom is -0.0840 e. The minimum absolute atomic E-state index is 0.460. The third-order valence-corrected chi connectivity index (χ3v) is 4.74. The molecule has 98 valence electrons. The molecular formula is C17H19ClSi. The van der Waals surface area contributed by atoms with Crippen molar-refractivity contribution in [2.24, 2.45) is 0 Å². The third-order valence-electron chi connectivity index (χ3n) is 3.13. The summed E-state index contributed by atoms with van der Waals surface area (Å²) in [6.07, 6.45) is 0. The van der Waals surface area contributed by atoms with Crippen LogP contribution < -0.4 is 10.4 Å². The first kappa shape index (κ1) is 14.4. The number of hydrogen-bond acceptors (Lipinski definition) is 0. The quantitative estimate of drug-likeness (QED) is 0.754. The molecule has 0 aromatic heterocycles. The summed E-state index contributed by atoms with van der Waals surface area (Å²) in [5, 5.41) is 3.65. The van der Waals surface area contributed by atoms with Crippen LogP contribution in [0.15, 0.2) is 36.4 Å². The molecule has 0 saturated heterocycles. The summed E-state index contributed by atoms with van der Waals surface area (Å²) in [6, 6.07) is 13.0. The first-order valence-corrected chi connectivity index (χ1v) is 7.99. The van der Waals surface area contributed by atoms with Crippen LogP contribution in [0.2, 0.25) is 5.02 Å². The van der Waals surface area contributed by atoms with Crippen LogP contribution in [-0.4, -0.2) is 9.52 Å². The molecule has 0 unspecified atom stereocenters. The van der Waals surface area contributed by atoms with Gasteiger partial charge < -0.3 is 0 Å². The van der Waals surface area contributed by atoms with Gasteiger partial charge in [-0.25, -0.2) is 0 Å². The zero-order valence-corrected chi connectivity index (χ0v) is 13.7. The second-order valence-corrected chi connectivity index (χ2v) is 7.13. The van der Waals surface area contributed by atoms with Gasteiger partial charge in [-0.1, -0.05) is 77.3 Å². The Labute approximate surface area is 123 Å². The molecule has 2 aromatic rings. The molecule has 0 saturated carbocycles. The van der Waals surface area contributed by atoms with Gasteiger partial charge in [0.25, 0.3) is 0 Å². The summed E-state index contributed by atoms with van der Waals surface area (Å²) < 4.78 is 0. The van der Waals surface area contributed by atoms with Crippen molar-refractivity contribution in [3.05, 3.63) is 58.1 Å². The lowest BCUT2D eigenvalue weighted by Gasteiger charge is -2.14. The van der Waals surface area contributed by atoms with Crippen molar-refractivity contribution in [3.63, 3.8) is 0 Å². The van der Waals surface area contributed by atoms with Gasteiger partial charge in [-0.3, -0.25) is 0 Å². The summed E-state index contributed by atoms with van der Waals surface area (Å²) in [7, 11) is 0.673. The second kappa shape index (κ2) is 5.94. The van der Waals surface area contributed by atoms with E-state index in [9.17, 15) is 0 Å². The maximum absolute atomic E-state index is 6.36. The highest BCUT2D eigenvalue weighted by molar-refractivity contribution is 6.68. The topological polar surface area (TPSA) is 0 Å². The Morgan fingerprint density at radius 3 is 2.21 bits per heavy atom. The number of hydrogen-bond donors (Lipinski definition) is 0. The van der Waals surface area contributed by atoms with E-state index in [1.54, 1.807) is 0 Å². The van der Waals surface area contributed by atoms with Crippen molar-refractivity contribution >= 4 is 31.5 Å². The zero-order valence-electron chi connectivity index (χ0n) is 11.9. The molecule has 0 N–H and O–H groups in total. The molecule has 2 radical (unpaired) electrons. The van der Waals surface area contributed by atoms with Crippen molar-refractivity contribution in [2.45, 2.75) is 33.6 Å². The molecule has 0 aliphatic rings. The van der Waals surface area contributed by atoms with Crippen LogP contribution in [0.3, 0.4) is 0 Å². The van der Waals surface area contributed by atoms with Gasteiger partial charge in [-0.05, 0) is 31.4 Å². The van der Waals surface area contributed by atoms with E-state index in [0.29, 0.717) is 15.4 Å². The molecule has 0 spiro atoms. The van der Waals surface area contributed by atoms with Crippen molar-refractivity contribution in [1.29, 1.82) is 0 Å². The molecule has 0 atom stereocenters. The Morgan fingerprint density at radius 1 is 1.00 bits per heavy atom. The van der Waals surface area contributed by atoms with Gasteiger partial charge in [-0.2, -0.15) is 0 Å². The molecule has 0 nitrogen and oxygen atoms in total. The largest absolute Gasteiger partial charge is 0.121 e. The number of rotatable bonds is 3. The molecule has 0 amide bonds. The van der Waals surface area contributed by atoms with E-state index in [2.05, 4.69) is 58.0 Å². The molecule has 2 rings (SSSR count). The van der Waals surface area contributed by atoms with E-state index >= 15 is 0 Å². The summed E-state index contributed by atoms with van der Waals surface area (Å²) in [4.78, 5) is 0. The van der Waals surface area contributed by atoms with Gasteiger partial charge in [0.2, 0.25) is 0 Å². The van der Waals surface area contributed by atoms with Gasteiger partial charge >= 0.3 is 0 Å². The van der Waals surface area contributed by atoms with Crippen LogP contribution in [-0.2, 0) is 0 Å². The van der Waals surface area contributed by atoms with E-state index < -0.39 is 0 Å². The van der Waals surface area contributed by atoms with Gasteiger partial charge in [0.05, 0.1) is 0 Å². The van der Waals surface area contributed by atoms with E-state index in [1.807, 2.05) is 6.07 Å². The molecule has 19 heavy (non-hydrogen) atoms. The second-order valence-electron chi connectivity index (χ2n) is 5.36. The van der Waals surface area contributed by atoms with Gasteiger partial charge in [0.1, 0.15) is 9.52 Å². The minimum atomic E-state index is 0.460. The molecule has 2 heteroatoms. The lowest BCUT2D eigenvalue weighted by Crippen LogP contribution is -2.31. The lowest BCUT2D eigenvalue weighted by molar-refractivity contribution is 0.873. The highest BCUT2D eigenvalue weighted by Gasteiger charge is 2.12. The van der Waals surface area contributed by atoms with Gasteiger partial charge in [-0.15, -0.1) is 0 Å². The van der Waals surface area contributed by atoms with Crippen LogP contribution in [0, 0.1) is 13.8 Å². The van der Waals surface area contributed by atoms with Crippen LogP contribution in [0.5, 0.6) is 0 Å². The van der Waals surface area contributed by atoms with E-state index in [-0.39, 0.29) is 0 Å². The molecule has 0 aliphatic carbocycles. The Balaban J connectivity index is 2.40. The lowest BCUT2D eigenvalue weighted by atomic mass is 10.0. The Bertz CT molecular complexity index is 568. The first-order valence-electron chi connectivity index (χ1n) is 6.61. The standard InChI is InChI=1S/C17H19ClSi/c1-11(2)17-15(18)6-5-7-16(17)19-14-9-12(3)8-13(4)10-14/h5-11H,1-4H3. The molecule has 0 heterocycles. The summed E-state index contributed by atoms with van der Waals surface area (Å²) in [5.41, 5.74) is 3.95. The average Bonchev–Trinajstić information content (AvgIpc) is 2.26. The fourth-order valence-electron chi connectivity index (χ4n) is 2.44. The predicted octanol–water partition coefficient (Wildman–Crippen LogP) is 3.74. The monoisotopic (exact) mass is 286 g/mol. The van der Waals surface area contributed by atoms with Crippen LogP contribution in [0.1, 0.15) is 36.5 Å². The zero-order chi connectivity index (χ0) is 14.0. The van der Waals surface area contributed by atoms with Crippen LogP contribution in [0.4, 0.5) is 0 Å². The van der Waals surface area contributed by atoms with Gasteiger partial charge in [0, 0.05) is 5.02 Å². The number of aryl methyl sites for hydroxylation is 2. The van der Waals surface area contributed by atoms with Gasteiger partial charge in [0.15, 0.2) is 0 Å². The van der Waals surface area contributed by atoms with E-state index in [4.69, 9.17) is 11.6 Å². The fourth-order valence-corrected chi connectivity index (χ4v) is 4.56. The van der Waals surface area contributed by atoms with Crippen molar-refractivity contribution < 1.29 is 0 Å². The van der Waals surface area contributed by atoms with E-state index in [0.717, 1.165) is 5.02 Å². The molecule has 0 bridgehead atoms. The smallest absolute Gasteiger partial charge is 0.0840 e. The first-order chi connectivity index (χ1) is 8.97.